The van der Waals surface area contributed by atoms with Crippen LogP contribution in [0.3, 0.4) is 0 Å². The summed E-state index contributed by atoms with van der Waals surface area (Å²) >= 11 is 0. The molecule has 0 radical (unpaired) electrons. The number of para-hydroxylation sites is 1. The Morgan fingerprint density at radius 1 is 1.06 bits per heavy atom. The lowest BCUT2D eigenvalue weighted by atomic mass is 10.00. The molecular weight excluding hydrogens is 416 g/mol. The van der Waals surface area contributed by atoms with Crippen LogP contribution in [0.5, 0.6) is 0 Å². The van der Waals surface area contributed by atoms with Crippen molar-refractivity contribution < 1.29 is 0 Å². The van der Waals surface area contributed by atoms with E-state index in [-0.39, 0.29) is 17.5 Å². The Bertz CT molecular complexity index is 1510. The van der Waals surface area contributed by atoms with Crippen LogP contribution in [0.1, 0.15) is 18.7 Å². The maximum atomic E-state index is 14.0. The van der Waals surface area contributed by atoms with E-state index in [4.69, 9.17) is 5.73 Å². The molecule has 2 aromatic carbocycles. The highest BCUT2D eigenvalue weighted by Gasteiger charge is 2.19. The minimum Gasteiger partial charge on any atom is -0.368 e. The molecule has 3 heterocycles. The van der Waals surface area contributed by atoms with E-state index < -0.39 is 0 Å². The molecule has 0 saturated heterocycles. The molecule has 164 valence electrons. The lowest BCUT2D eigenvalue weighted by Crippen LogP contribution is -2.26. The molecule has 0 aliphatic rings. The van der Waals surface area contributed by atoms with Gasteiger partial charge < -0.3 is 11.1 Å². The Hall–Kier alpha value is -4.53. The van der Waals surface area contributed by atoms with Gasteiger partial charge in [-0.15, -0.1) is 0 Å². The van der Waals surface area contributed by atoms with Crippen molar-refractivity contribution in [3.63, 3.8) is 0 Å². The predicted octanol–water partition coefficient (Wildman–Crippen LogP) is 3.33. The third-order valence-electron chi connectivity index (χ3n) is 5.49. The van der Waals surface area contributed by atoms with Crippen molar-refractivity contribution >= 4 is 22.7 Å². The Kier molecular flexibility index (Phi) is 5.06. The quantitative estimate of drug-likeness (QED) is 0.432. The molecule has 0 aliphatic heterocycles. The molecule has 9 heteroatoms. The Morgan fingerprint density at radius 2 is 1.88 bits per heavy atom. The number of nitrogens with one attached hydrogen (secondary N) is 1. The summed E-state index contributed by atoms with van der Waals surface area (Å²) in [7, 11) is 1.86. The van der Waals surface area contributed by atoms with Crippen LogP contribution in [0.2, 0.25) is 0 Å². The number of benzene rings is 2. The van der Waals surface area contributed by atoms with Gasteiger partial charge in [-0.05, 0) is 36.1 Å². The van der Waals surface area contributed by atoms with Crippen molar-refractivity contribution in [2.45, 2.75) is 13.0 Å². The standard InChI is InChI=1S/C24H22N8O/c1-15(29-24-27-14-26-23(25)30-24)20-11-16-7-6-10-19(17-12-28-31(2)13-17)21(16)22(33)32(20)18-8-4-3-5-9-18/h3-15H,1-2H3,(H3,25,26,27,29,30)/t15-/m0/s1. The normalized spacial score (nSPS) is 12.1. The highest BCUT2D eigenvalue weighted by atomic mass is 16.1. The molecule has 0 unspecified atom stereocenters. The van der Waals surface area contributed by atoms with Gasteiger partial charge >= 0.3 is 0 Å². The van der Waals surface area contributed by atoms with Gasteiger partial charge in [0, 0.05) is 30.2 Å². The second-order valence-corrected chi connectivity index (χ2v) is 7.75. The smallest absolute Gasteiger partial charge is 0.263 e. The highest BCUT2D eigenvalue weighted by Crippen LogP contribution is 2.29. The number of anilines is 2. The summed E-state index contributed by atoms with van der Waals surface area (Å²) in [5, 5.41) is 8.99. The predicted molar refractivity (Wildman–Crippen MR) is 128 cm³/mol. The van der Waals surface area contributed by atoms with Crippen LogP contribution in [0, 0.1) is 0 Å². The molecule has 33 heavy (non-hydrogen) atoms. The minimum absolute atomic E-state index is 0.114. The van der Waals surface area contributed by atoms with Gasteiger partial charge in [0.25, 0.3) is 5.56 Å². The zero-order chi connectivity index (χ0) is 22.9. The number of fused-ring (bicyclic) bond motifs is 1. The van der Waals surface area contributed by atoms with E-state index in [1.54, 1.807) is 15.4 Å². The fourth-order valence-corrected chi connectivity index (χ4v) is 3.99. The summed E-state index contributed by atoms with van der Waals surface area (Å²) in [6.07, 6.45) is 5.02. The van der Waals surface area contributed by atoms with Crippen LogP contribution < -0.4 is 16.6 Å². The summed E-state index contributed by atoms with van der Waals surface area (Å²) in [6, 6.07) is 17.1. The summed E-state index contributed by atoms with van der Waals surface area (Å²) in [6.45, 7) is 1.95. The molecule has 0 aliphatic carbocycles. The monoisotopic (exact) mass is 438 g/mol. The first kappa shape index (κ1) is 20.4. The SMILES string of the molecule is C[C@H](Nc1ncnc(N)n1)c1cc2cccc(-c3cnn(C)c3)c2c(=O)n1-c1ccccc1. The lowest BCUT2D eigenvalue weighted by molar-refractivity contribution is 0.766. The molecule has 0 saturated carbocycles. The molecule has 3 N–H and O–H groups in total. The number of aryl methyl sites for hydroxylation is 1. The van der Waals surface area contributed by atoms with Crippen LogP contribution in [-0.4, -0.2) is 29.3 Å². The van der Waals surface area contributed by atoms with Crippen LogP contribution in [0.4, 0.5) is 11.9 Å². The second-order valence-electron chi connectivity index (χ2n) is 7.75. The first-order chi connectivity index (χ1) is 16.0. The maximum Gasteiger partial charge on any atom is 0.263 e. The van der Waals surface area contributed by atoms with Gasteiger partial charge in [-0.2, -0.15) is 10.1 Å². The fourth-order valence-electron chi connectivity index (χ4n) is 3.99. The van der Waals surface area contributed by atoms with Crippen LogP contribution >= 0.6 is 0 Å². The molecule has 1 atom stereocenters. The molecular formula is C24H22N8O. The van der Waals surface area contributed by atoms with Gasteiger partial charge in [0.05, 0.1) is 17.6 Å². The van der Waals surface area contributed by atoms with Gasteiger partial charge in [0.2, 0.25) is 11.9 Å². The van der Waals surface area contributed by atoms with Crippen molar-refractivity contribution in [3.8, 4) is 16.8 Å². The summed E-state index contributed by atoms with van der Waals surface area (Å²) in [5.41, 5.74) is 8.85. The van der Waals surface area contributed by atoms with Crippen molar-refractivity contribution in [2.75, 3.05) is 11.1 Å². The molecule has 5 aromatic rings. The minimum atomic E-state index is -0.300. The van der Waals surface area contributed by atoms with E-state index in [0.717, 1.165) is 27.9 Å². The number of hydrogen-bond acceptors (Lipinski definition) is 7. The van der Waals surface area contributed by atoms with E-state index in [1.807, 2.05) is 74.8 Å². The summed E-state index contributed by atoms with van der Waals surface area (Å²) in [5.74, 6) is 0.464. The Labute approximate surface area is 189 Å². The second kappa shape index (κ2) is 8.19. The van der Waals surface area contributed by atoms with Gasteiger partial charge in [-0.1, -0.05) is 36.4 Å². The average Bonchev–Trinajstić information content (AvgIpc) is 3.25. The summed E-state index contributed by atoms with van der Waals surface area (Å²) in [4.78, 5) is 26.1. The third kappa shape index (κ3) is 3.80. The first-order valence-electron chi connectivity index (χ1n) is 10.5. The van der Waals surface area contributed by atoms with Gasteiger partial charge in [0.15, 0.2) is 0 Å². The molecule has 0 bridgehead atoms. The zero-order valence-electron chi connectivity index (χ0n) is 18.2. The van der Waals surface area contributed by atoms with Crippen LogP contribution in [0.25, 0.3) is 27.6 Å². The largest absolute Gasteiger partial charge is 0.368 e. The van der Waals surface area contributed by atoms with E-state index in [0.29, 0.717) is 11.3 Å². The third-order valence-corrected chi connectivity index (χ3v) is 5.49. The Balaban J connectivity index is 1.74. The number of hydrogen-bond donors (Lipinski definition) is 2. The number of nitrogen functional groups attached to an aromatic ring is 1. The van der Waals surface area contributed by atoms with E-state index in [1.165, 1.54) is 6.33 Å². The van der Waals surface area contributed by atoms with Crippen LogP contribution in [-0.2, 0) is 7.05 Å². The zero-order valence-corrected chi connectivity index (χ0v) is 18.2. The first-order valence-corrected chi connectivity index (χ1v) is 10.5. The van der Waals surface area contributed by atoms with E-state index in [9.17, 15) is 4.79 Å². The molecule has 0 spiro atoms. The average molecular weight is 438 g/mol. The lowest BCUT2D eigenvalue weighted by Gasteiger charge is -2.21. The number of pyridine rings is 1. The van der Waals surface area contributed by atoms with E-state index in [2.05, 4.69) is 25.4 Å². The molecule has 5 rings (SSSR count). The van der Waals surface area contributed by atoms with Crippen molar-refractivity contribution in [1.29, 1.82) is 0 Å². The van der Waals surface area contributed by atoms with Crippen molar-refractivity contribution in [3.05, 3.63) is 89.4 Å². The van der Waals surface area contributed by atoms with Gasteiger partial charge in [-0.3, -0.25) is 14.0 Å². The molecule has 3 aromatic heterocycles. The van der Waals surface area contributed by atoms with Gasteiger partial charge in [0.1, 0.15) is 6.33 Å². The van der Waals surface area contributed by atoms with Crippen molar-refractivity contribution in [1.82, 2.24) is 29.3 Å². The number of nitrogens with two attached hydrogens (primary N) is 1. The number of nitrogens with zero attached hydrogens (tertiary/aromatic N) is 6. The van der Waals surface area contributed by atoms with E-state index >= 15 is 0 Å². The highest BCUT2D eigenvalue weighted by molar-refractivity contribution is 5.96. The molecule has 9 nitrogen and oxygen atoms in total. The van der Waals surface area contributed by atoms with Crippen molar-refractivity contribution in [2.24, 2.45) is 7.05 Å². The van der Waals surface area contributed by atoms with Gasteiger partial charge in [-0.25, -0.2) is 9.97 Å². The van der Waals surface area contributed by atoms with Crippen LogP contribution in [0.15, 0.2) is 78.1 Å². The number of rotatable bonds is 5. The summed E-state index contributed by atoms with van der Waals surface area (Å²) < 4.78 is 3.45. The molecule has 0 amide bonds. The number of aromatic nitrogens is 6. The Morgan fingerprint density at radius 3 is 2.61 bits per heavy atom. The topological polar surface area (TPSA) is 117 Å². The fraction of sp³-hybridized carbons (Fsp3) is 0.125. The maximum absolute atomic E-state index is 14.0. The molecule has 0 fully saturated rings.